The minimum atomic E-state index is -0.415. The van der Waals surface area contributed by atoms with E-state index in [1.807, 2.05) is 4.57 Å². The van der Waals surface area contributed by atoms with Gasteiger partial charge in [0.05, 0.1) is 18.6 Å². The highest BCUT2D eigenvalue weighted by atomic mass is 16.1. The first-order valence-electron chi connectivity index (χ1n) is 4.72. The Kier molecular flexibility index (Phi) is 2.25. The summed E-state index contributed by atoms with van der Waals surface area (Å²) in [5.74, 6) is 0.0869. The topological polar surface area (TPSA) is 72.9 Å². The van der Waals surface area contributed by atoms with Gasteiger partial charge in [0.15, 0.2) is 0 Å². The summed E-state index contributed by atoms with van der Waals surface area (Å²) in [4.78, 5) is 15.0. The van der Waals surface area contributed by atoms with Crippen LogP contribution in [0.1, 0.15) is 23.5 Å². The molecule has 76 valence electrons. The average molecular weight is 194 g/mol. The molecule has 0 aliphatic carbocycles. The van der Waals surface area contributed by atoms with Crippen LogP contribution >= 0.6 is 0 Å². The van der Waals surface area contributed by atoms with Crippen molar-refractivity contribution in [3.8, 4) is 0 Å². The number of aromatic nitrogens is 2. The van der Waals surface area contributed by atoms with Crippen LogP contribution in [-0.4, -0.2) is 28.5 Å². The van der Waals surface area contributed by atoms with Gasteiger partial charge in [-0.15, -0.1) is 0 Å². The normalized spacial score (nSPS) is 26.6. The summed E-state index contributed by atoms with van der Waals surface area (Å²) < 4.78 is 1.87. The van der Waals surface area contributed by atoms with Gasteiger partial charge in [-0.2, -0.15) is 0 Å². The van der Waals surface area contributed by atoms with E-state index in [0.29, 0.717) is 17.7 Å². The van der Waals surface area contributed by atoms with Crippen molar-refractivity contribution in [1.29, 1.82) is 0 Å². The van der Waals surface area contributed by atoms with Crippen molar-refractivity contribution in [1.82, 2.24) is 14.9 Å². The number of nitrogens with two attached hydrogens (primary N) is 1. The van der Waals surface area contributed by atoms with E-state index >= 15 is 0 Å². The molecule has 14 heavy (non-hydrogen) atoms. The minimum absolute atomic E-state index is 0.292. The van der Waals surface area contributed by atoms with Crippen molar-refractivity contribution in [2.75, 3.05) is 13.1 Å². The number of nitrogens with one attached hydrogen (secondary N) is 1. The SMILES string of the molecule is C[C@H]1CNC[C@@H]1n1cncc1C(N)=O. The molecule has 0 radical (unpaired) electrons. The Balaban J connectivity index is 2.31. The van der Waals surface area contributed by atoms with Crippen molar-refractivity contribution in [2.24, 2.45) is 11.7 Å². The molecule has 3 N–H and O–H groups in total. The summed E-state index contributed by atoms with van der Waals surface area (Å²) in [7, 11) is 0. The van der Waals surface area contributed by atoms with Crippen LogP contribution in [0.4, 0.5) is 0 Å². The summed E-state index contributed by atoms with van der Waals surface area (Å²) in [5.41, 5.74) is 5.74. The monoisotopic (exact) mass is 194 g/mol. The van der Waals surface area contributed by atoms with Crippen molar-refractivity contribution in [2.45, 2.75) is 13.0 Å². The summed E-state index contributed by atoms with van der Waals surface area (Å²) in [6.07, 6.45) is 3.20. The highest BCUT2D eigenvalue weighted by molar-refractivity contribution is 5.90. The van der Waals surface area contributed by atoms with Gasteiger partial charge in [0.2, 0.25) is 0 Å². The van der Waals surface area contributed by atoms with Gasteiger partial charge in [0, 0.05) is 6.54 Å². The lowest BCUT2D eigenvalue weighted by molar-refractivity contribution is 0.0988. The zero-order valence-electron chi connectivity index (χ0n) is 8.10. The maximum Gasteiger partial charge on any atom is 0.266 e. The molecule has 2 rings (SSSR count). The molecule has 1 saturated heterocycles. The zero-order valence-corrected chi connectivity index (χ0v) is 8.10. The Hall–Kier alpha value is -1.36. The van der Waals surface area contributed by atoms with E-state index in [-0.39, 0.29) is 0 Å². The molecule has 1 fully saturated rings. The Morgan fingerprint density at radius 2 is 2.50 bits per heavy atom. The number of nitrogens with zero attached hydrogens (tertiary/aromatic N) is 2. The maximum absolute atomic E-state index is 11.1. The molecule has 0 aromatic carbocycles. The van der Waals surface area contributed by atoms with Crippen molar-refractivity contribution >= 4 is 5.91 Å². The van der Waals surface area contributed by atoms with Crippen LogP contribution in [0.2, 0.25) is 0 Å². The van der Waals surface area contributed by atoms with Crippen LogP contribution in [0.3, 0.4) is 0 Å². The first kappa shape index (κ1) is 9.21. The largest absolute Gasteiger partial charge is 0.364 e. The number of rotatable bonds is 2. The van der Waals surface area contributed by atoms with Gasteiger partial charge in [0.1, 0.15) is 5.69 Å². The molecular weight excluding hydrogens is 180 g/mol. The third-order valence-electron chi connectivity index (χ3n) is 2.75. The Bertz CT molecular complexity index is 346. The average Bonchev–Trinajstić information content (AvgIpc) is 2.70. The highest BCUT2D eigenvalue weighted by Gasteiger charge is 2.26. The number of carbonyl (C=O) groups excluding carboxylic acids is 1. The number of amides is 1. The lowest BCUT2D eigenvalue weighted by Crippen LogP contribution is -2.23. The fraction of sp³-hybridized carbons (Fsp3) is 0.556. The van der Waals surface area contributed by atoms with E-state index in [1.165, 1.54) is 6.20 Å². The van der Waals surface area contributed by atoms with E-state index in [0.717, 1.165) is 13.1 Å². The van der Waals surface area contributed by atoms with Gasteiger partial charge in [-0.1, -0.05) is 6.92 Å². The fourth-order valence-electron chi connectivity index (χ4n) is 1.93. The maximum atomic E-state index is 11.1. The van der Waals surface area contributed by atoms with Gasteiger partial charge >= 0.3 is 0 Å². The number of imidazole rings is 1. The molecule has 5 heteroatoms. The quantitative estimate of drug-likeness (QED) is 0.682. The molecule has 0 unspecified atom stereocenters. The lowest BCUT2D eigenvalue weighted by Gasteiger charge is -2.17. The molecule has 0 saturated carbocycles. The molecule has 2 atom stereocenters. The number of carbonyl (C=O) groups is 1. The van der Waals surface area contributed by atoms with Gasteiger partial charge < -0.3 is 15.6 Å². The van der Waals surface area contributed by atoms with Crippen molar-refractivity contribution < 1.29 is 4.79 Å². The van der Waals surface area contributed by atoms with Crippen LogP contribution in [0, 0.1) is 5.92 Å². The van der Waals surface area contributed by atoms with E-state index in [1.54, 1.807) is 6.33 Å². The second kappa shape index (κ2) is 3.42. The smallest absolute Gasteiger partial charge is 0.266 e. The zero-order chi connectivity index (χ0) is 10.1. The molecule has 1 aromatic rings. The summed E-state index contributed by atoms with van der Waals surface area (Å²) in [5, 5.41) is 3.28. The number of hydrogen-bond acceptors (Lipinski definition) is 3. The molecule has 5 nitrogen and oxygen atoms in total. The summed E-state index contributed by atoms with van der Waals surface area (Å²) >= 11 is 0. The standard InChI is InChI=1S/C9H14N4O/c1-6-2-11-3-7(6)13-5-12-4-8(13)9(10)14/h4-7,11H,2-3H2,1H3,(H2,10,14)/t6-,7-/m0/s1. The van der Waals surface area contributed by atoms with Gasteiger partial charge in [-0.05, 0) is 12.5 Å². The second-order valence-electron chi connectivity index (χ2n) is 3.75. The molecule has 1 amide bonds. The number of primary amides is 1. The number of hydrogen-bond donors (Lipinski definition) is 2. The van der Waals surface area contributed by atoms with Crippen LogP contribution in [0.15, 0.2) is 12.5 Å². The molecule has 2 heterocycles. The minimum Gasteiger partial charge on any atom is -0.364 e. The van der Waals surface area contributed by atoms with Crippen molar-refractivity contribution in [3.63, 3.8) is 0 Å². The molecule has 1 aromatic heterocycles. The predicted molar refractivity (Wildman–Crippen MR) is 51.8 cm³/mol. The Labute approximate surface area is 82.3 Å². The van der Waals surface area contributed by atoms with E-state index in [2.05, 4.69) is 17.2 Å². The predicted octanol–water partition coefficient (Wildman–Crippen LogP) is -0.238. The second-order valence-corrected chi connectivity index (χ2v) is 3.75. The van der Waals surface area contributed by atoms with Crippen molar-refractivity contribution in [3.05, 3.63) is 18.2 Å². The summed E-state index contributed by atoms with van der Waals surface area (Å²) in [6, 6.07) is 0.292. The highest BCUT2D eigenvalue weighted by Crippen LogP contribution is 2.22. The molecule has 1 aliphatic rings. The van der Waals surface area contributed by atoms with Crippen LogP contribution < -0.4 is 11.1 Å². The lowest BCUT2D eigenvalue weighted by atomic mass is 10.1. The molecule has 1 aliphatic heterocycles. The summed E-state index contributed by atoms with van der Waals surface area (Å²) in [6.45, 7) is 3.99. The molecular formula is C9H14N4O. The van der Waals surface area contributed by atoms with Gasteiger partial charge in [-0.3, -0.25) is 4.79 Å². The Morgan fingerprint density at radius 1 is 1.71 bits per heavy atom. The van der Waals surface area contributed by atoms with Gasteiger partial charge in [0.25, 0.3) is 5.91 Å². The van der Waals surface area contributed by atoms with Crippen LogP contribution in [-0.2, 0) is 0 Å². The van der Waals surface area contributed by atoms with E-state index in [9.17, 15) is 4.79 Å². The third kappa shape index (κ3) is 1.39. The van der Waals surface area contributed by atoms with E-state index < -0.39 is 5.91 Å². The first-order chi connectivity index (χ1) is 6.70. The van der Waals surface area contributed by atoms with Crippen LogP contribution in [0.5, 0.6) is 0 Å². The van der Waals surface area contributed by atoms with Crippen LogP contribution in [0.25, 0.3) is 0 Å². The first-order valence-corrected chi connectivity index (χ1v) is 4.72. The Morgan fingerprint density at radius 3 is 3.07 bits per heavy atom. The fourth-order valence-corrected chi connectivity index (χ4v) is 1.93. The third-order valence-corrected chi connectivity index (χ3v) is 2.75. The molecule has 0 spiro atoms. The van der Waals surface area contributed by atoms with Gasteiger partial charge in [-0.25, -0.2) is 4.98 Å². The molecule has 0 bridgehead atoms. The van der Waals surface area contributed by atoms with E-state index in [4.69, 9.17) is 5.73 Å².